The first-order chi connectivity index (χ1) is 14.7. The summed E-state index contributed by atoms with van der Waals surface area (Å²) in [5, 5.41) is 3.76. The molecule has 1 aromatic heterocycles. The molecule has 31 heavy (non-hydrogen) atoms. The van der Waals surface area contributed by atoms with Crippen LogP contribution in [0.5, 0.6) is 0 Å². The number of nitrogens with zero attached hydrogens (tertiary/aromatic N) is 2. The average molecular weight is 414 g/mol. The van der Waals surface area contributed by atoms with Gasteiger partial charge in [-0.05, 0) is 57.1 Å². The molecule has 1 unspecified atom stereocenters. The van der Waals surface area contributed by atoms with Crippen LogP contribution in [-0.4, -0.2) is 30.4 Å². The minimum Gasteiger partial charge on any atom is -0.427 e. The Labute approximate surface area is 182 Å². The average Bonchev–Trinajstić information content (AvgIpc) is 3.16. The molecule has 3 aromatic rings. The Morgan fingerprint density at radius 1 is 1.06 bits per heavy atom. The molecule has 2 heterocycles. The number of hydrogen-bond acceptors (Lipinski definition) is 4. The van der Waals surface area contributed by atoms with Crippen LogP contribution >= 0.6 is 0 Å². The zero-order chi connectivity index (χ0) is 22.0. The maximum atomic E-state index is 13.5. The van der Waals surface area contributed by atoms with Crippen LogP contribution < -0.4 is 16.5 Å². The molecule has 5 rings (SSSR count). The monoisotopic (exact) mass is 414 g/mol. The summed E-state index contributed by atoms with van der Waals surface area (Å²) in [6.45, 7) is 8.14. The minimum atomic E-state index is -0.487. The largest absolute Gasteiger partial charge is 0.427 e. The number of ether oxygens (including phenoxy) is 1. The van der Waals surface area contributed by atoms with Gasteiger partial charge in [0, 0.05) is 23.3 Å². The number of fused-ring (bicyclic) bond motifs is 4. The number of hydrogen-bond donors (Lipinski definition) is 0. The molecule has 0 fully saturated rings. The van der Waals surface area contributed by atoms with Crippen LogP contribution in [0.25, 0.3) is 21.5 Å². The molecule has 0 spiro atoms. The van der Waals surface area contributed by atoms with Crippen molar-refractivity contribution in [2.75, 3.05) is 7.11 Å². The quantitative estimate of drug-likeness (QED) is 0.603. The van der Waals surface area contributed by atoms with E-state index in [1.807, 2.05) is 56.5 Å². The molecule has 158 valence electrons. The summed E-state index contributed by atoms with van der Waals surface area (Å²) in [5.41, 5.74) is 1.88. The third-order valence-corrected chi connectivity index (χ3v) is 7.25. The fourth-order valence-corrected chi connectivity index (χ4v) is 4.47. The van der Waals surface area contributed by atoms with Gasteiger partial charge in [0.15, 0.2) is 0 Å². The summed E-state index contributed by atoms with van der Waals surface area (Å²) in [6, 6.07) is 10.1. The van der Waals surface area contributed by atoms with Gasteiger partial charge in [-0.25, -0.2) is 4.99 Å². The van der Waals surface area contributed by atoms with Crippen molar-refractivity contribution in [2.24, 2.45) is 4.99 Å². The predicted octanol–water partition coefficient (Wildman–Crippen LogP) is 3.09. The van der Waals surface area contributed by atoms with Gasteiger partial charge in [0.2, 0.25) is 0 Å². The maximum Gasteiger partial charge on any atom is 0.310 e. The third-order valence-electron chi connectivity index (χ3n) is 7.25. The van der Waals surface area contributed by atoms with Gasteiger partial charge in [-0.3, -0.25) is 9.36 Å². The molecule has 2 aromatic carbocycles. The van der Waals surface area contributed by atoms with Crippen molar-refractivity contribution in [1.82, 2.24) is 4.57 Å². The van der Waals surface area contributed by atoms with E-state index < -0.39 is 11.2 Å². The van der Waals surface area contributed by atoms with Crippen LogP contribution in [-0.2, 0) is 9.39 Å². The molecule has 0 radical (unpaired) electrons. The van der Waals surface area contributed by atoms with Crippen molar-refractivity contribution in [3.8, 4) is 0 Å². The van der Waals surface area contributed by atoms with Crippen LogP contribution in [0.1, 0.15) is 40.2 Å². The molecule has 0 bridgehead atoms. The number of aromatic nitrogens is 1. The Bertz CT molecular complexity index is 1380. The maximum absolute atomic E-state index is 13.5. The SMILES string of the molecule is COC(C)(C)C(C)(C)OBc1ccc2c3n(c(=O)c4cccc1c42)C1CC=CC=C1N=3. The van der Waals surface area contributed by atoms with E-state index in [1.54, 1.807) is 7.11 Å². The molecule has 5 nitrogen and oxygen atoms in total. The van der Waals surface area contributed by atoms with Crippen molar-refractivity contribution in [1.29, 1.82) is 0 Å². The van der Waals surface area contributed by atoms with Crippen LogP contribution in [0.3, 0.4) is 0 Å². The highest BCUT2D eigenvalue weighted by Crippen LogP contribution is 2.31. The molecule has 0 saturated heterocycles. The van der Waals surface area contributed by atoms with E-state index in [0.29, 0.717) is 7.48 Å². The summed E-state index contributed by atoms with van der Waals surface area (Å²) in [4.78, 5) is 18.3. The van der Waals surface area contributed by atoms with Crippen LogP contribution in [0, 0.1) is 0 Å². The Morgan fingerprint density at radius 3 is 2.61 bits per heavy atom. The van der Waals surface area contributed by atoms with Crippen molar-refractivity contribution >= 4 is 34.5 Å². The number of allylic oxidation sites excluding steroid dienone is 4. The lowest BCUT2D eigenvalue weighted by atomic mass is 9.79. The number of methoxy groups -OCH3 is 1. The van der Waals surface area contributed by atoms with Gasteiger partial charge in [-0.1, -0.05) is 36.4 Å². The van der Waals surface area contributed by atoms with E-state index in [1.165, 1.54) is 0 Å². The van der Waals surface area contributed by atoms with Crippen LogP contribution in [0.15, 0.2) is 64.0 Å². The van der Waals surface area contributed by atoms with Gasteiger partial charge < -0.3 is 9.39 Å². The molecular weight excluding hydrogens is 387 g/mol. The molecule has 6 heteroatoms. The number of rotatable bonds is 5. The van der Waals surface area contributed by atoms with E-state index in [0.717, 1.165) is 44.6 Å². The van der Waals surface area contributed by atoms with E-state index in [4.69, 9.17) is 14.4 Å². The van der Waals surface area contributed by atoms with Crippen molar-refractivity contribution in [3.63, 3.8) is 0 Å². The Hall–Kier alpha value is -2.70. The van der Waals surface area contributed by atoms with Gasteiger partial charge in [-0.15, -0.1) is 0 Å². The first kappa shape index (κ1) is 20.2. The normalized spacial score (nSPS) is 18.1. The number of pyridine rings is 1. The smallest absolute Gasteiger partial charge is 0.310 e. The molecule has 0 amide bonds. The van der Waals surface area contributed by atoms with E-state index >= 15 is 0 Å². The fraction of sp³-hybridized carbons (Fsp3) is 0.360. The zero-order valence-corrected chi connectivity index (χ0v) is 18.7. The summed E-state index contributed by atoms with van der Waals surface area (Å²) in [5.74, 6) is 0. The Balaban J connectivity index is 1.67. The lowest BCUT2D eigenvalue weighted by Gasteiger charge is -2.40. The van der Waals surface area contributed by atoms with E-state index in [9.17, 15) is 4.79 Å². The molecule has 0 saturated carbocycles. The van der Waals surface area contributed by atoms with Gasteiger partial charge in [0.1, 0.15) is 5.49 Å². The van der Waals surface area contributed by atoms with E-state index in [-0.39, 0.29) is 11.6 Å². The summed E-state index contributed by atoms with van der Waals surface area (Å²) < 4.78 is 13.9. The lowest BCUT2D eigenvalue weighted by Crippen LogP contribution is -2.50. The second kappa shape index (κ2) is 6.91. The Morgan fingerprint density at radius 2 is 1.84 bits per heavy atom. The highest BCUT2D eigenvalue weighted by molar-refractivity contribution is 6.52. The summed E-state index contributed by atoms with van der Waals surface area (Å²) >= 11 is 0. The van der Waals surface area contributed by atoms with Crippen LogP contribution in [0.2, 0.25) is 0 Å². The highest BCUT2D eigenvalue weighted by atomic mass is 16.5. The molecule has 0 N–H and O–H groups in total. The topological polar surface area (TPSA) is 52.8 Å². The molecular formula is C25H27BN2O3. The third kappa shape index (κ3) is 2.93. The number of benzene rings is 2. The highest BCUT2D eigenvalue weighted by Gasteiger charge is 2.38. The summed E-state index contributed by atoms with van der Waals surface area (Å²) in [7, 11) is 2.14. The molecule has 2 aliphatic rings. The van der Waals surface area contributed by atoms with Gasteiger partial charge in [0.05, 0.1) is 22.9 Å². The fourth-order valence-electron chi connectivity index (χ4n) is 4.47. The molecule has 1 aliphatic carbocycles. The van der Waals surface area contributed by atoms with Crippen molar-refractivity contribution in [3.05, 3.63) is 70.1 Å². The first-order valence-corrected chi connectivity index (χ1v) is 10.8. The van der Waals surface area contributed by atoms with Gasteiger partial charge >= 0.3 is 7.48 Å². The van der Waals surface area contributed by atoms with Crippen molar-refractivity contribution in [2.45, 2.75) is 51.4 Å². The second-order valence-electron chi connectivity index (χ2n) is 9.40. The van der Waals surface area contributed by atoms with E-state index in [2.05, 4.69) is 24.3 Å². The lowest BCUT2D eigenvalue weighted by molar-refractivity contribution is -0.114. The minimum absolute atomic E-state index is 0.00371. The zero-order valence-electron chi connectivity index (χ0n) is 18.7. The Kier molecular flexibility index (Phi) is 4.50. The van der Waals surface area contributed by atoms with Gasteiger partial charge in [0.25, 0.3) is 5.56 Å². The molecule has 1 aliphatic heterocycles. The van der Waals surface area contributed by atoms with Crippen LogP contribution in [0.4, 0.5) is 0 Å². The first-order valence-electron chi connectivity index (χ1n) is 10.8. The van der Waals surface area contributed by atoms with Crippen molar-refractivity contribution < 1.29 is 9.39 Å². The second-order valence-corrected chi connectivity index (χ2v) is 9.40. The summed E-state index contributed by atoms with van der Waals surface area (Å²) in [6.07, 6.45) is 6.92. The predicted molar refractivity (Wildman–Crippen MR) is 126 cm³/mol. The molecule has 1 atom stereocenters. The standard InChI is InChI=1S/C25H27BN2O3/c1-24(2,30-5)25(3,4)31-26-18-14-13-16-21-15(18)9-8-10-17(21)23(29)28-20-12-7-6-11-19(20)27-22(16)28/h6-11,13-14,20,26H,12H2,1-5H3. The van der Waals surface area contributed by atoms with Gasteiger partial charge in [-0.2, -0.15) is 0 Å².